The summed E-state index contributed by atoms with van der Waals surface area (Å²) in [6, 6.07) is 52.6. The second-order valence-electron chi connectivity index (χ2n) is 11.6. The van der Waals surface area contributed by atoms with Crippen LogP contribution in [0.15, 0.2) is 146 Å². The summed E-state index contributed by atoms with van der Waals surface area (Å²) in [5.41, 5.74) is 5.97. The Balaban J connectivity index is 0.000000186. The summed E-state index contributed by atoms with van der Waals surface area (Å²) in [6.07, 6.45) is 7.45. The molecule has 2 atom stereocenters. The van der Waals surface area contributed by atoms with Gasteiger partial charge in [0, 0.05) is 0 Å². The summed E-state index contributed by atoms with van der Waals surface area (Å²) >= 11 is 3.25. The molecule has 0 aliphatic heterocycles. The van der Waals surface area contributed by atoms with E-state index in [-0.39, 0.29) is 0 Å². The third kappa shape index (κ3) is 11.8. The number of carboxylic acid groups (broad SMARTS) is 2. The van der Waals surface area contributed by atoms with Crippen LogP contribution in [-0.4, -0.2) is 57.0 Å². The van der Waals surface area contributed by atoms with Gasteiger partial charge in [0.1, 0.15) is 0 Å². The van der Waals surface area contributed by atoms with Crippen molar-refractivity contribution in [3.63, 3.8) is 0 Å². The number of aliphatic carboxylic acids is 2. The third-order valence-corrected chi connectivity index (χ3v) is 11.8. The predicted molar refractivity (Wildman–Crippen MR) is 194 cm³/mol. The van der Waals surface area contributed by atoms with Gasteiger partial charge in [0.05, 0.1) is 11.9 Å². The fraction of sp³-hybridized carbons (Fsp3) is 0.190. The molecule has 48 heavy (non-hydrogen) atoms. The molecule has 6 rings (SSSR count). The number of carbonyl (C=O) groups is 2. The van der Waals surface area contributed by atoms with Crippen LogP contribution in [0.4, 0.5) is 0 Å². The van der Waals surface area contributed by atoms with Crippen molar-refractivity contribution in [1.29, 1.82) is 0 Å². The van der Waals surface area contributed by atoms with Crippen LogP contribution < -0.4 is 10.2 Å². The molecule has 0 bridgehead atoms. The molecule has 2 unspecified atom stereocenters. The van der Waals surface area contributed by atoms with E-state index >= 15 is 0 Å². The Morgan fingerprint density at radius 2 is 0.792 bits per heavy atom. The molecule has 0 fully saturated rings. The second kappa shape index (κ2) is 20.0. The monoisotopic (exact) mass is 846 g/mol. The molecule has 0 spiro atoms. The number of aryl methyl sites for hydroxylation is 2. The number of hydrogen-bond acceptors (Lipinski definition) is 4. The maximum absolute atomic E-state index is 8.93. The molecule has 0 aromatic heterocycles. The molecule has 0 heterocycles. The van der Waals surface area contributed by atoms with Crippen molar-refractivity contribution in [3.05, 3.63) is 168 Å². The Morgan fingerprint density at radius 3 is 1.17 bits per heavy atom. The maximum atomic E-state index is 8.93. The van der Waals surface area contributed by atoms with Crippen molar-refractivity contribution >= 4 is 78.5 Å². The van der Waals surface area contributed by atoms with E-state index in [1.807, 2.05) is 0 Å². The van der Waals surface area contributed by atoms with E-state index in [9.17, 15) is 0 Å². The molecule has 0 amide bonds. The summed E-state index contributed by atoms with van der Waals surface area (Å²) in [5.74, 6) is -4.37. The minimum absolute atomic E-state index is 0.730. The van der Waals surface area contributed by atoms with Crippen molar-refractivity contribution in [2.45, 2.75) is 46.4 Å². The summed E-state index contributed by atoms with van der Waals surface area (Å²) in [6.45, 7) is 0. The fourth-order valence-electron chi connectivity index (χ4n) is 5.72. The van der Waals surface area contributed by atoms with Crippen molar-refractivity contribution in [3.8, 4) is 0 Å². The van der Waals surface area contributed by atoms with Crippen LogP contribution >= 0.6 is 0 Å². The summed E-state index contributed by atoms with van der Waals surface area (Å²) < 4.78 is 1.46. The number of fused-ring (bicyclic) bond motifs is 2. The summed E-state index contributed by atoms with van der Waals surface area (Å²) in [7, 11) is 0. The quantitative estimate of drug-likeness (QED) is 0.115. The molecular formula is C42H38O4Sn2. The SMILES string of the molecule is O=C([O-])C(=O)[O-].[Sn+][CH](CCCc1cccc2ccccc12)c1ccccc1.[Sn+][CH](CCCc1cccc2ccccc12)c1ccccc1. The van der Waals surface area contributed by atoms with Crippen LogP contribution in [0.25, 0.3) is 21.5 Å². The predicted octanol–water partition coefficient (Wildman–Crippen LogP) is 6.63. The van der Waals surface area contributed by atoms with Gasteiger partial charge in [-0.3, -0.25) is 0 Å². The van der Waals surface area contributed by atoms with Crippen LogP contribution in [0.1, 0.15) is 55.8 Å². The van der Waals surface area contributed by atoms with E-state index in [4.69, 9.17) is 19.8 Å². The topological polar surface area (TPSA) is 80.3 Å². The van der Waals surface area contributed by atoms with Gasteiger partial charge >= 0.3 is 281 Å². The van der Waals surface area contributed by atoms with Gasteiger partial charge in [-0.05, 0) is 0 Å². The molecular weight excluding hydrogens is 806 g/mol. The number of carbonyl (C=O) groups excluding carboxylic acids is 2. The van der Waals surface area contributed by atoms with Crippen LogP contribution in [0.2, 0.25) is 0 Å². The first-order chi connectivity index (χ1) is 23.3. The van der Waals surface area contributed by atoms with E-state index in [0.29, 0.717) is 0 Å². The fourth-order valence-corrected chi connectivity index (χ4v) is 7.98. The average molecular weight is 844 g/mol. The molecule has 0 aliphatic rings. The van der Waals surface area contributed by atoms with Gasteiger partial charge in [-0.1, -0.05) is 0 Å². The van der Waals surface area contributed by atoms with Crippen LogP contribution in [0, 0.1) is 0 Å². The Morgan fingerprint density at radius 1 is 0.458 bits per heavy atom. The number of hydrogen-bond donors (Lipinski definition) is 0. The van der Waals surface area contributed by atoms with Crippen LogP contribution in [-0.2, 0) is 22.4 Å². The zero-order chi connectivity index (χ0) is 34.1. The van der Waals surface area contributed by atoms with Gasteiger partial charge in [0.15, 0.2) is 0 Å². The Hall–Kier alpha value is -3.62. The molecule has 238 valence electrons. The molecule has 6 heteroatoms. The normalized spacial score (nSPS) is 11.8. The third-order valence-electron chi connectivity index (χ3n) is 8.21. The van der Waals surface area contributed by atoms with Gasteiger partial charge < -0.3 is 19.8 Å². The Bertz CT molecular complexity index is 1730. The number of rotatable bonds is 10. The van der Waals surface area contributed by atoms with Gasteiger partial charge in [-0.25, -0.2) is 0 Å². The zero-order valence-electron chi connectivity index (χ0n) is 26.9. The van der Waals surface area contributed by atoms with Gasteiger partial charge in [0.25, 0.3) is 0 Å². The molecule has 0 aliphatic carbocycles. The second-order valence-corrected chi connectivity index (χ2v) is 15.5. The standard InChI is InChI=1S/2C20H19.C2H2O4.2Sn/c2*1-2-9-17(10-3-1)11-4-5-12-18-14-8-15-19-13-6-7-16-20(18)19;3-1(4)2(5)6;;/h2*1-3,6-11,13-16H,4-5,12H2;(H,3,4)(H,5,6);;/q;;;2*+1/p-2. The van der Waals surface area contributed by atoms with E-state index in [2.05, 4.69) is 146 Å². The summed E-state index contributed by atoms with van der Waals surface area (Å²) in [4.78, 5) is 17.9. The van der Waals surface area contributed by atoms with Gasteiger partial charge in [-0.2, -0.15) is 0 Å². The van der Waals surface area contributed by atoms with Crippen molar-refractivity contribution in [2.24, 2.45) is 0 Å². The van der Waals surface area contributed by atoms with E-state index in [0.717, 1.165) is 7.87 Å². The van der Waals surface area contributed by atoms with Gasteiger partial charge in [0.2, 0.25) is 0 Å². The zero-order valence-corrected chi connectivity index (χ0v) is 32.6. The molecule has 4 nitrogen and oxygen atoms in total. The number of benzene rings is 6. The van der Waals surface area contributed by atoms with Crippen LogP contribution in [0.3, 0.4) is 0 Å². The van der Waals surface area contributed by atoms with Crippen molar-refractivity contribution < 1.29 is 19.8 Å². The Labute approximate surface area is 310 Å². The average Bonchev–Trinajstić information content (AvgIpc) is 3.13. The first kappa shape index (κ1) is 37.2. The first-order valence-corrected chi connectivity index (χ1v) is 19.5. The van der Waals surface area contributed by atoms with E-state index in [1.54, 1.807) is 45.0 Å². The number of carboxylic acids is 2. The molecule has 4 radical (unpaired) electrons. The molecule has 0 N–H and O–H groups in total. The molecule has 0 saturated heterocycles. The minimum atomic E-state index is -2.19. The van der Waals surface area contributed by atoms with Crippen molar-refractivity contribution in [1.82, 2.24) is 0 Å². The first-order valence-electron chi connectivity index (χ1n) is 16.2. The van der Waals surface area contributed by atoms with Crippen LogP contribution in [0.5, 0.6) is 0 Å². The molecule has 6 aromatic rings. The molecule has 6 aromatic carbocycles. The van der Waals surface area contributed by atoms with E-state index < -0.39 is 11.9 Å². The van der Waals surface area contributed by atoms with E-state index in [1.165, 1.54) is 82.3 Å². The van der Waals surface area contributed by atoms with Crippen molar-refractivity contribution in [2.75, 3.05) is 0 Å². The van der Waals surface area contributed by atoms with Gasteiger partial charge in [-0.15, -0.1) is 0 Å². The summed E-state index contributed by atoms with van der Waals surface area (Å²) in [5, 5.41) is 23.4. The molecule has 0 saturated carbocycles. The Kier molecular flexibility index (Phi) is 15.5.